The largest absolute Gasteiger partial charge is 0.369 e. The van der Waals surface area contributed by atoms with Gasteiger partial charge in [0.2, 0.25) is 5.95 Å². The molecule has 1 aromatic rings. The first-order chi connectivity index (χ1) is 9.69. The number of halogens is 1. The van der Waals surface area contributed by atoms with Crippen LogP contribution in [0, 0.1) is 5.92 Å². The molecule has 0 amide bonds. The highest BCUT2D eigenvalue weighted by Crippen LogP contribution is 2.22. The molecule has 2 rings (SSSR count). The summed E-state index contributed by atoms with van der Waals surface area (Å²) in [5.74, 6) is 2.27. The number of likely N-dealkylation sites (tertiary alicyclic amines) is 1. The first-order valence-electron chi connectivity index (χ1n) is 7.38. The van der Waals surface area contributed by atoms with Gasteiger partial charge >= 0.3 is 0 Å². The molecule has 112 valence electrons. The van der Waals surface area contributed by atoms with Gasteiger partial charge in [0.05, 0.1) is 4.47 Å². The maximum absolute atomic E-state index is 4.52. The Morgan fingerprint density at radius 2 is 2.30 bits per heavy atom. The van der Waals surface area contributed by atoms with Gasteiger partial charge < -0.3 is 15.5 Å². The predicted molar refractivity (Wildman–Crippen MR) is 87.2 cm³/mol. The van der Waals surface area contributed by atoms with Crippen LogP contribution in [0.3, 0.4) is 0 Å². The van der Waals surface area contributed by atoms with Gasteiger partial charge in [-0.2, -0.15) is 4.98 Å². The topological polar surface area (TPSA) is 53.1 Å². The van der Waals surface area contributed by atoms with Crippen molar-refractivity contribution < 1.29 is 0 Å². The van der Waals surface area contributed by atoms with Crippen molar-refractivity contribution in [3.8, 4) is 0 Å². The molecule has 5 nitrogen and oxygen atoms in total. The lowest BCUT2D eigenvalue weighted by molar-refractivity contribution is 0.217. The molecule has 0 aromatic carbocycles. The maximum atomic E-state index is 4.52. The minimum atomic E-state index is 0.693. The number of piperidine rings is 1. The molecule has 1 unspecified atom stereocenters. The van der Waals surface area contributed by atoms with Gasteiger partial charge in [0, 0.05) is 25.8 Å². The van der Waals surface area contributed by atoms with Gasteiger partial charge in [-0.15, -0.1) is 0 Å². The van der Waals surface area contributed by atoms with Crippen LogP contribution in [-0.4, -0.2) is 48.1 Å². The van der Waals surface area contributed by atoms with E-state index in [2.05, 4.69) is 55.4 Å². The Bertz CT molecular complexity index is 426. The Balaban J connectivity index is 1.90. The van der Waals surface area contributed by atoms with Gasteiger partial charge in [-0.3, -0.25) is 0 Å². The second-order valence-corrected chi connectivity index (χ2v) is 6.32. The third-order valence-electron chi connectivity index (χ3n) is 3.56. The monoisotopic (exact) mass is 341 g/mol. The van der Waals surface area contributed by atoms with Gasteiger partial charge in [0.1, 0.15) is 5.82 Å². The van der Waals surface area contributed by atoms with E-state index in [1.54, 1.807) is 6.20 Å². The lowest BCUT2D eigenvalue weighted by Gasteiger charge is -2.29. The number of hydrogen-bond donors (Lipinski definition) is 2. The first kappa shape index (κ1) is 15.5. The van der Waals surface area contributed by atoms with Gasteiger partial charge in [-0.25, -0.2) is 4.98 Å². The summed E-state index contributed by atoms with van der Waals surface area (Å²) in [6.07, 6.45) is 5.45. The van der Waals surface area contributed by atoms with Crippen LogP contribution in [0.25, 0.3) is 0 Å². The van der Waals surface area contributed by atoms with E-state index in [0.717, 1.165) is 36.3 Å². The lowest BCUT2D eigenvalue weighted by atomic mass is 9.98. The fourth-order valence-electron chi connectivity index (χ4n) is 2.49. The van der Waals surface area contributed by atoms with Crippen LogP contribution < -0.4 is 10.6 Å². The SMILES string of the molecule is CCCNc1ncc(Br)c(NCC2CCCN(C)C2)n1. The van der Waals surface area contributed by atoms with Gasteiger partial charge in [0.25, 0.3) is 0 Å². The summed E-state index contributed by atoms with van der Waals surface area (Å²) in [7, 11) is 2.19. The maximum Gasteiger partial charge on any atom is 0.224 e. The molecular formula is C14H24BrN5. The van der Waals surface area contributed by atoms with Crippen molar-refractivity contribution >= 4 is 27.7 Å². The summed E-state index contributed by atoms with van der Waals surface area (Å²) < 4.78 is 0.920. The average molecular weight is 342 g/mol. The molecule has 0 aliphatic carbocycles. The quantitative estimate of drug-likeness (QED) is 0.833. The molecule has 0 radical (unpaired) electrons. The van der Waals surface area contributed by atoms with Crippen molar-refractivity contribution in [2.75, 3.05) is 43.9 Å². The second kappa shape index (κ2) is 7.78. The Morgan fingerprint density at radius 3 is 3.05 bits per heavy atom. The summed E-state index contributed by atoms with van der Waals surface area (Å²) in [4.78, 5) is 11.2. The van der Waals surface area contributed by atoms with E-state index >= 15 is 0 Å². The Kier molecular flexibility index (Phi) is 6.04. The van der Waals surface area contributed by atoms with E-state index in [4.69, 9.17) is 0 Å². The Morgan fingerprint density at radius 1 is 1.45 bits per heavy atom. The van der Waals surface area contributed by atoms with Gasteiger partial charge in [-0.1, -0.05) is 6.92 Å². The van der Waals surface area contributed by atoms with Gasteiger partial charge in [0.15, 0.2) is 0 Å². The van der Waals surface area contributed by atoms with Crippen LogP contribution in [0.4, 0.5) is 11.8 Å². The van der Waals surface area contributed by atoms with E-state index in [1.807, 2.05) is 0 Å². The highest BCUT2D eigenvalue weighted by molar-refractivity contribution is 9.10. The number of nitrogens with zero attached hydrogens (tertiary/aromatic N) is 3. The standard InChI is InChI=1S/C14H24BrN5/c1-3-6-16-14-18-9-12(15)13(19-14)17-8-11-5-4-7-20(2)10-11/h9,11H,3-8,10H2,1-2H3,(H2,16,17,18,19). The van der Waals surface area contributed by atoms with Crippen molar-refractivity contribution in [3.63, 3.8) is 0 Å². The highest BCUT2D eigenvalue weighted by atomic mass is 79.9. The number of hydrogen-bond acceptors (Lipinski definition) is 5. The van der Waals surface area contributed by atoms with E-state index in [9.17, 15) is 0 Å². The van der Waals surface area contributed by atoms with Crippen LogP contribution in [-0.2, 0) is 0 Å². The van der Waals surface area contributed by atoms with Crippen LogP contribution >= 0.6 is 15.9 Å². The Labute approximate surface area is 129 Å². The molecule has 6 heteroatoms. The molecule has 0 bridgehead atoms. The fourth-order valence-corrected chi connectivity index (χ4v) is 2.83. The second-order valence-electron chi connectivity index (χ2n) is 5.47. The molecule has 1 atom stereocenters. The van der Waals surface area contributed by atoms with Crippen molar-refractivity contribution in [1.29, 1.82) is 0 Å². The summed E-state index contributed by atoms with van der Waals surface area (Å²) in [6.45, 7) is 6.38. The zero-order valence-electron chi connectivity index (χ0n) is 12.3. The number of aromatic nitrogens is 2. The lowest BCUT2D eigenvalue weighted by Crippen LogP contribution is -2.35. The fraction of sp³-hybridized carbons (Fsp3) is 0.714. The molecule has 1 aliphatic rings. The third kappa shape index (κ3) is 4.59. The van der Waals surface area contributed by atoms with E-state index in [-0.39, 0.29) is 0 Å². The minimum Gasteiger partial charge on any atom is -0.369 e. The molecule has 1 saturated heterocycles. The molecule has 2 N–H and O–H groups in total. The molecular weight excluding hydrogens is 318 g/mol. The van der Waals surface area contributed by atoms with E-state index < -0.39 is 0 Å². The van der Waals surface area contributed by atoms with Crippen molar-refractivity contribution in [2.24, 2.45) is 5.92 Å². The summed E-state index contributed by atoms with van der Waals surface area (Å²) in [5, 5.41) is 6.67. The summed E-state index contributed by atoms with van der Waals surface area (Å²) in [6, 6.07) is 0. The third-order valence-corrected chi connectivity index (χ3v) is 4.14. The van der Waals surface area contributed by atoms with Crippen molar-refractivity contribution in [1.82, 2.24) is 14.9 Å². The van der Waals surface area contributed by atoms with E-state index in [0.29, 0.717) is 11.9 Å². The van der Waals surface area contributed by atoms with Crippen molar-refractivity contribution in [3.05, 3.63) is 10.7 Å². The molecule has 0 saturated carbocycles. The first-order valence-corrected chi connectivity index (χ1v) is 8.17. The number of rotatable bonds is 6. The molecule has 1 aliphatic heterocycles. The highest BCUT2D eigenvalue weighted by Gasteiger charge is 2.17. The predicted octanol–water partition coefficient (Wildman–Crippen LogP) is 2.81. The van der Waals surface area contributed by atoms with Gasteiger partial charge in [-0.05, 0) is 54.7 Å². The number of anilines is 2. The zero-order valence-corrected chi connectivity index (χ0v) is 13.9. The zero-order chi connectivity index (χ0) is 14.4. The van der Waals surface area contributed by atoms with E-state index in [1.165, 1.54) is 19.4 Å². The Hall–Kier alpha value is -0.880. The van der Waals surface area contributed by atoms with Crippen LogP contribution in [0.2, 0.25) is 0 Å². The van der Waals surface area contributed by atoms with Crippen LogP contribution in [0.1, 0.15) is 26.2 Å². The molecule has 0 spiro atoms. The summed E-state index contributed by atoms with van der Waals surface area (Å²) in [5.41, 5.74) is 0. The summed E-state index contributed by atoms with van der Waals surface area (Å²) >= 11 is 3.51. The van der Waals surface area contributed by atoms with Crippen molar-refractivity contribution in [2.45, 2.75) is 26.2 Å². The molecule has 20 heavy (non-hydrogen) atoms. The normalized spacial score (nSPS) is 19.9. The van der Waals surface area contributed by atoms with Crippen LogP contribution in [0.5, 0.6) is 0 Å². The average Bonchev–Trinajstić information content (AvgIpc) is 2.45. The number of nitrogens with one attached hydrogen (secondary N) is 2. The molecule has 2 heterocycles. The molecule has 1 aromatic heterocycles. The molecule has 1 fully saturated rings. The smallest absolute Gasteiger partial charge is 0.224 e. The minimum absolute atomic E-state index is 0.693. The van der Waals surface area contributed by atoms with Crippen LogP contribution in [0.15, 0.2) is 10.7 Å².